The Morgan fingerprint density at radius 1 is 1.11 bits per heavy atom. The van der Waals surface area contributed by atoms with Crippen LogP contribution in [0.25, 0.3) is 0 Å². The average molecular weight is 315 g/mol. The minimum Gasteiger partial charge on any atom is -0.338 e. The van der Waals surface area contributed by atoms with E-state index in [1.54, 1.807) is 18.2 Å². The van der Waals surface area contributed by atoms with E-state index in [0.29, 0.717) is 11.6 Å². The molecule has 0 bridgehead atoms. The molecule has 2 aromatic rings. The van der Waals surface area contributed by atoms with Crippen LogP contribution in [0.3, 0.4) is 0 Å². The standard InChI is InChI=1S/C11H9BrF2N4/c12-6-4-9(8(14)5-7(6)13)16-10-2-1-3-11(17-10)18-15/h1-5H,15H2,(H2,16,17,18). The molecule has 0 amide bonds. The number of nitrogens with zero attached hydrogens (tertiary/aromatic N) is 1. The van der Waals surface area contributed by atoms with Crippen LogP contribution in [0.1, 0.15) is 0 Å². The van der Waals surface area contributed by atoms with Gasteiger partial charge in [-0.3, -0.25) is 0 Å². The number of hydrazine groups is 1. The quantitative estimate of drug-likeness (QED) is 0.462. The second-order valence-electron chi connectivity index (χ2n) is 3.42. The van der Waals surface area contributed by atoms with E-state index < -0.39 is 11.6 Å². The van der Waals surface area contributed by atoms with Gasteiger partial charge in [-0.2, -0.15) is 0 Å². The number of halogens is 3. The molecule has 0 aliphatic carbocycles. The number of pyridine rings is 1. The molecule has 0 saturated heterocycles. The Balaban J connectivity index is 2.30. The molecule has 7 heteroatoms. The Morgan fingerprint density at radius 2 is 1.83 bits per heavy atom. The van der Waals surface area contributed by atoms with Crippen molar-refractivity contribution in [3.8, 4) is 0 Å². The summed E-state index contributed by atoms with van der Waals surface area (Å²) in [7, 11) is 0. The molecule has 0 radical (unpaired) electrons. The zero-order chi connectivity index (χ0) is 13.1. The van der Waals surface area contributed by atoms with Crippen molar-refractivity contribution in [1.29, 1.82) is 0 Å². The first-order chi connectivity index (χ1) is 8.60. The Hall–Kier alpha value is -1.73. The number of anilines is 3. The number of aromatic nitrogens is 1. The normalized spacial score (nSPS) is 10.2. The highest BCUT2D eigenvalue weighted by atomic mass is 79.9. The summed E-state index contributed by atoms with van der Waals surface area (Å²) in [5, 5.41) is 2.74. The average Bonchev–Trinajstić information content (AvgIpc) is 2.36. The fourth-order valence-electron chi connectivity index (χ4n) is 1.34. The smallest absolute Gasteiger partial charge is 0.149 e. The van der Waals surface area contributed by atoms with Crippen LogP contribution in [0.4, 0.5) is 26.1 Å². The van der Waals surface area contributed by atoms with Crippen LogP contribution >= 0.6 is 15.9 Å². The highest BCUT2D eigenvalue weighted by molar-refractivity contribution is 9.10. The van der Waals surface area contributed by atoms with Crippen LogP contribution in [0.2, 0.25) is 0 Å². The number of benzene rings is 1. The van der Waals surface area contributed by atoms with Crippen molar-refractivity contribution < 1.29 is 8.78 Å². The zero-order valence-electron chi connectivity index (χ0n) is 9.05. The van der Waals surface area contributed by atoms with Crippen LogP contribution in [-0.2, 0) is 0 Å². The molecule has 4 nitrogen and oxygen atoms in total. The van der Waals surface area contributed by atoms with E-state index >= 15 is 0 Å². The monoisotopic (exact) mass is 314 g/mol. The van der Waals surface area contributed by atoms with E-state index in [9.17, 15) is 8.78 Å². The molecule has 4 N–H and O–H groups in total. The third-order valence-corrected chi connectivity index (χ3v) is 2.78. The maximum atomic E-state index is 13.5. The van der Waals surface area contributed by atoms with Gasteiger partial charge in [-0.25, -0.2) is 19.6 Å². The van der Waals surface area contributed by atoms with Gasteiger partial charge in [0.2, 0.25) is 0 Å². The second kappa shape index (κ2) is 5.28. The van der Waals surface area contributed by atoms with Crippen molar-refractivity contribution in [2.45, 2.75) is 0 Å². The fourth-order valence-corrected chi connectivity index (χ4v) is 1.68. The van der Waals surface area contributed by atoms with Gasteiger partial charge in [0.15, 0.2) is 0 Å². The van der Waals surface area contributed by atoms with Gasteiger partial charge < -0.3 is 10.7 Å². The van der Waals surface area contributed by atoms with E-state index in [4.69, 9.17) is 5.84 Å². The molecule has 0 fully saturated rings. The van der Waals surface area contributed by atoms with Gasteiger partial charge >= 0.3 is 0 Å². The summed E-state index contributed by atoms with van der Waals surface area (Å²) in [6, 6.07) is 7.08. The van der Waals surface area contributed by atoms with Crippen molar-refractivity contribution in [1.82, 2.24) is 4.98 Å². The number of nitrogen functional groups attached to an aromatic ring is 1. The molecule has 0 aliphatic rings. The minimum atomic E-state index is -0.705. The first-order valence-corrected chi connectivity index (χ1v) is 5.74. The van der Waals surface area contributed by atoms with E-state index in [-0.39, 0.29) is 10.2 Å². The number of hydrogen-bond acceptors (Lipinski definition) is 4. The molecule has 1 aromatic carbocycles. The van der Waals surface area contributed by atoms with Gasteiger partial charge in [-0.05, 0) is 34.1 Å². The van der Waals surface area contributed by atoms with Gasteiger partial charge in [0.1, 0.15) is 23.3 Å². The van der Waals surface area contributed by atoms with Crippen LogP contribution in [0, 0.1) is 11.6 Å². The molecule has 0 aliphatic heterocycles. The third-order valence-electron chi connectivity index (χ3n) is 2.17. The third kappa shape index (κ3) is 2.74. The summed E-state index contributed by atoms with van der Waals surface area (Å²) in [5.41, 5.74) is 2.49. The molecule has 0 spiro atoms. The number of rotatable bonds is 3. The number of nitrogens with one attached hydrogen (secondary N) is 2. The van der Waals surface area contributed by atoms with E-state index in [0.717, 1.165) is 6.07 Å². The molecule has 2 rings (SSSR count). The Kier molecular flexibility index (Phi) is 3.73. The van der Waals surface area contributed by atoms with Crippen LogP contribution < -0.4 is 16.6 Å². The summed E-state index contributed by atoms with van der Waals surface area (Å²) < 4.78 is 26.7. The summed E-state index contributed by atoms with van der Waals surface area (Å²) in [6.45, 7) is 0. The second-order valence-corrected chi connectivity index (χ2v) is 4.28. The van der Waals surface area contributed by atoms with Crippen molar-refractivity contribution >= 4 is 33.3 Å². The maximum Gasteiger partial charge on any atom is 0.149 e. The SMILES string of the molecule is NNc1cccc(Nc2cc(Br)c(F)cc2F)n1. The van der Waals surface area contributed by atoms with E-state index in [1.165, 1.54) is 6.07 Å². The Bertz CT molecular complexity index is 577. The van der Waals surface area contributed by atoms with Crippen LogP contribution in [-0.4, -0.2) is 4.98 Å². The number of hydrogen-bond donors (Lipinski definition) is 3. The Labute approximate surface area is 110 Å². The predicted molar refractivity (Wildman–Crippen MR) is 69.4 cm³/mol. The van der Waals surface area contributed by atoms with Gasteiger partial charge in [-0.1, -0.05) is 6.07 Å². The first kappa shape index (κ1) is 12.7. The largest absolute Gasteiger partial charge is 0.338 e. The summed E-state index contributed by atoms with van der Waals surface area (Å²) in [4.78, 5) is 4.06. The number of nitrogens with two attached hydrogens (primary N) is 1. The Morgan fingerprint density at radius 3 is 2.56 bits per heavy atom. The lowest BCUT2D eigenvalue weighted by Crippen LogP contribution is -2.09. The van der Waals surface area contributed by atoms with Crippen molar-refractivity contribution in [2.24, 2.45) is 5.84 Å². The molecule has 0 unspecified atom stereocenters. The minimum absolute atomic E-state index is 0.116. The van der Waals surface area contributed by atoms with E-state index in [1.807, 2.05) is 0 Å². The van der Waals surface area contributed by atoms with E-state index in [2.05, 4.69) is 31.7 Å². The van der Waals surface area contributed by atoms with Crippen molar-refractivity contribution in [3.05, 3.63) is 46.4 Å². The van der Waals surface area contributed by atoms with Crippen molar-refractivity contribution in [2.75, 3.05) is 10.7 Å². The molecule has 18 heavy (non-hydrogen) atoms. The molecular weight excluding hydrogens is 306 g/mol. The van der Waals surface area contributed by atoms with Gasteiger partial charge in [0.05, 0.1) is 10.2 Å². The molecular formula is C11H9BrF2N4. The molecule has 1 aromatic heterocycles. The lowest BCUT2D eigenvalue weighted by Gasteiger charge is -2.09. The molecule has 1 heterocycles. The van der Waals surface area contributed by atoms with Crippen molar-refractivity contribution in [3.63, 3.8) is 0 Å². The van der Waals surface area contributed by atoms with Crippen LogP contribution in [0.15, 0.2) is 34.8 Å². The summed E-state index contributed by atoms with van der Waals surface area (Å²) in [5.74, 6) is 4.67. The lowest BCUT2D eigenvalue weighted by atomic mass is 10.3. The highest BCUT2D eigenvalue weighted by Gasteiger charge is 2.09. The summed E-state index contributed by atoms with van der Waals surface area (Å²) >= 11 is 2.99. The highest BCUT2D eigenvalue weighted by Crippen LogP contribution is 2.26. The topological polar surface area (TPSA) is 63.0 Å². The predicted octanol–water partition coefficient (Wildman–Crippen LogP) is 3.15. The van der Waals surface area contributed by atoms with Crippen LogP contribution in [0.5, 0.6) is 0 Å². The molecule has 94 valence electrons. The maximum absolute atomic E-state index is 13.5. The lowest BCUT2D eigenvalue weighted by molar-refractivity contribution is 0.581. The first-order valence-electron chi connectivity index (χ1n) is 4.95. The fraction of sp³-hybridized carbons (Fsp3) is 0. The van der Waals surface area contributed by atoms with Gasteiger partial charge in [0.25, 0.3) is 0 Å². The van der Waals surface area contributed by atoms with Gasteiger partial charge in [0, 0.05) is 6.07 Å². The molecule has 0 saturated carbocycles. The molecule has 0 atom stereocenters. The summed E-state index contributed by atoms with van der Waals surface area (Å²) in [6.07, 6.45) is 0. The van der Waals surface area contributed by atoms with Gasteiger partial charge in [-0.15, -0.1) is 0 Å². The zero-order valence-corrected chi connectivity index (χ0v) is 10.6.